The summed E-state index contributed by atoms with van der Waals surface area (Å²) >= 11 is 5.51. The van der Waals surface area contributed by atoms with Crippen molar-refractivity contribution in [3.63, 3.8) is 0 Å². The first kappa shape index (κ1) is 14.3. The van der Waals surface area contributed by atoms with Gasteiger partial charge in [-0.25, -0.2) is 8.78 Å². The Morgan fingerprint density at radius 1 is 1.14 bits per heavy atom. The van der Waals surface area contributed by atoms with Crippen LogP contribution in [0.5, 0.6) is 5.75 Å². The molecule has 1 unspecified atom stereocenters. The maximum atomic E-state index is 13.8. The van der Waals surface area contributed by atoms with E-state index in [2.05, 4.69) is 0 Å². The van der Waals surface area contributed by atoms with Crippen LogP contribution >= 0.6 is 11.6 Å². The predicted octanol–water partition coefficient (Wildman–Crippen LogP) is 4.24. The Labute approximate surface area is 125 Å². The van der Waals surface area contributed by atoms with E-state index in [-0.39, 0.29) is 16.7 Å². The Kier molecular flexibility index (Phi) is 3.83. The van der Waals surface area contributed by atoms with Gasteiger partial charge in [-0.05, 0) is 42.7 Å². The molecule has 1 aliphatic carbocycles. The summed E-state index contributed by atoms with van der Waals surface area (Å²) in [6.45, 7) is 0. The van der Waals surface area contributed by atoms with Gasteiger partial charge in [-0.2, -0.15) is 0 Å². The Hall–Kier alpha value is -1.65. The lowest BCUT2D eigenvalue weighted by Gasteiger charge is -2.14. The van der Waals surface area contributed by atoms with Gasteiger partial charge in [0.2, 0.25) is 0 Å². The van der Waals surface area contributed by atoms with E-state index in [1.54, 1.807) is 24.3 Å². The molecule has 21 heavy (non-hydrogen) atoms. The quantitative estimate of drug-likeness (QED) is 0.856. The molecule has 1 N–H and O–H groups in total. The van der Waals surface area contributed by atoms with Crippen LogP contribution in [-0.2, 0) is 0 Å². The van der Waals surface area contributed by atoms with Crippen LogP contribution in [0.1, 0.15) is 30.1 Å². The van der Waals surface area contributed by atoms with Crippen LogP contribution in [0.3, 0.4) is 0 Å². The summed E-state index contributed by atoms with van der Waals surface area (Å²) < 4.78 is 32.9. The average Bonchev–Trinajstić information content (AvgIpc) is 3.26. The molecule has 0 amide bonds. The van der Waals surface area contributed by atoms with Crippen LogP contribution in [0.4, 0.5) is 8.78 Å². The Morgan fingerprint density at radius 2 is 1.90 bits per heavy atom. The third-order valence-corrected chi connectivity index (χ3v) is 3.62. The van der Waals surface area contributed by atoms with Crippen LogP contribution in [0.2, 0.25) is 5.02 Å². The second-order valence-corrected chi connectivity index (χ2v) is 5.49. The van der Waals surface area contributed by atoms with Crippen molar-refractivity contribution in [2.45, 2.75) is 25.0 Å². The normalized spacial score (nSPS) is 15.8. The lowest BCUT2D eigenvalue weighted by molar-refractivity contribution is 0.213. The highest BCUT2D eigenvalue weighted by atomic mass is 35.5. The molecule has 0 bridgehead atoms. The highest BCUT2D eigenvalue weighted by molar-refractivity contribution is 6.30. The van der Waals surface area contributed by atoms with E-state index in [0.717, 1.165) is 25.0 Å². The molecule has 1 aliphatic rings. The van der Waals surface area contributed by atoms with Gasteiger partial charge in [0.05, 0.1) is 11.1 Å². The summed E-state index contributed by atoms with van der Waals surface area (Å²) in [5.41, 5.74) is 0.286. The first-order chi connectivity index (χ1) is 10.0. The van der Waals surface area contributed by atoms with E-state index in [1.807, 2.05) is 0 Å². The minimum atomic E-state index is -1.28. The number of ether oxygens (including phenoxy) is 1. The molecule has 3 rings (SSSR count). The van der Waals surface area contributed by atoms with Crippen LogP contribution in [0.25, 0.3) is 0 Å². The molecule has 1 atom stereocenters. The highest BCUT2D eigenvalue weighted by Crippen LogP contribution is 2.32. The molecule has 1 fully saturated rings. The van der Waals surface area contributed by atoms with Gasteiger partial charge < -0.3 is 9.84 Å². The van der Waals surface area contributed by atoms with Gasteiger partial charge >= 0.3 is 0 Å². The largest absolute Gasteiger partial charge is 0.490 e. The molecular formula is C16H13ClF2O2. The topological polar surface area (TPSA) is 29.5 Å². The van der Waals surface area contributed by atoms with Crippen molar-refractivity contribution < 1.29 is 18.6 Å². The third kappa shape index (κ3) is 3.17. The molecule has 0 saturated heterocycles. The first-order valence-corrected chi connectivity index (χ1v) is 7.01. The number of hydrogen-bond donors (Lipinski definition) is 1. The van der Waals surface area contributed by atoms with E-state index in [1.165, 1.54) is 0 Å². The molecule has 0 spiro atoms. The van der Waals surface area contributed by atoms with Crippen molar-refractivity contribution in [3.05, 3.63) is 64.2 Å². The minimum Gasteiger partial charge on any atom is -0.490 e. The Bertz CT molecular complexity index is 671. The number of rotatable bonds is 4. The molecule has 2 aromatic rings. The maximum absolute atomic E-state index is 13.8. The van der Waals surface area contributed by atoms with E-state index < -0.39 is 17.7 Å². The van der Waals surface area contributed by atoms with Crippen LogP contribution in [0.15, 0.2) is 36.4 Å². The molecule has 0 heterocycles. The summed E-state index contributed by atoms with van der Waals surface area (Å²) in [5.74, 6) is -0.899. The number of hydrogen-bond acceptors (Lipinski definition) is 2. The summed E-state index contributed by atoms with van der Waals surface area (Å²) in [5, 5.41) is 9.95. The van der Waals surface area contributed by atoms with Gasteiger partial charge in [-0.15, -0.1) is 0 Å². The van der Waals surface area contributed by atoms with Crippen LogP contribution < -0.4 is 4.74 Å². The molecule has 0 aromatic heterocycles. The standard InChI is InChI=1S/C16H13ClF2O2/c17-13-8-14(18)12(7-15(13)19)16(20)9-2-1-3-11(6-9)21-10-4-5-10/h1-3,6-8,10,16,20H,4-5H2. The Morgan fingerprint density at radius 3 is 2.62 bits per heavy atom. The zero-order chi connectivity index (χ0) is 15.0. The molecule has 0 radical (unpaired) electrons. The van der Waals surface area contributed by atoms with Gasteiger partial charge in [0, 0.05) is 5.56 Å². The van der Waals surface area contributed by atoms with Crippen molar-refractivity contribution in [3.8, 4) is 5.75 Å². The van der Waals surface area contributed by atoms with Gasteiger partial charge in [-0.3, -0.25) is 0 Å². The first-order valence-electron chi connectivity index (χ1n) is 6.63. The Balaban J connectivity index is 1.90. The van der Waals surface area contributed by atoms with Gasteiger partial charge in [0.15, 0.2) is 0 Å². The van der Waals surface area contributed by atoms with E-state index in [9.17, 15) is 13.9 Å². The highest BCUT2D eigenvalue weighted by Gasteiger charge is 2.24. The monoisotopic (exact) mass is 310 g/mol. The number of aliphatic hydroxyl groups excluding tert-OH is 1. The van der Waals surface area contributed by atoms with Crippen molar-refractivity contribution in [1.82, 2.24) is 0 Å². The third-order valence-electron chi connectivity index (χ3n) is 3.34. The predicted molar refractivity (Wildman–Crippen MR) is 75.5 cm³/mol. The van der Waals surface area contributed by atoms with Crippen LogP contribution in [0, 0.1) is 11.6 Å². The molecule has 5 heteroatoms. The van der Waals surface area contributed by atoms with Gasteiger partial charge in [-0.1, -0.05) is 23.7 Å². The van der Waals surface area contributed by atoms with Crippen molar-refractivity contribution in [2.75, 3.05) is 0 Å². The van der Waals surface area contributed by atoms with Gasteiger partial charge in [0.1, 0.15) is 23.5 Å². The fourth-order valence-electron chi connectivity index (χ4n) is 2.06. The fraction of sp³-hybridized carbons (Fsp3) is 0.250. The number of halogens is 3. The molecule has 2 aromatic carbocycles. The fourth-order valence-corrected chi connectivity index (χ4v) is 2.21. The second-order valence-electron chi connectivity index (χ2n) is 5.08. The number of benzene rings is 2. The molecule has 0 aliphatic heterocycles. The summed E-state index contributed by atoms with van der Waals surface area (Å²) in [6.07, 6.45) is 0.981. The van der Waals surface area contributed by atoms with E-state index in [0.29, 0.717) is 11.3 Å². The maximum Gasteiger partial charge on any atom is 0.142 e. The lowest BCUT2D eigenvalue weighted by Crippen LogP contribution is -2.04. The zero-order valence-corrected chi connectivity index (χ0v) is 11.8. The smallest absolute Gasteiger partial charge is 0.142 e. The van der Waals surface area contributed by atoms with E-state index in [4.69, 9.17) is 16.3 Å². The SMILES string of the molecule is OC(c1cccc(OC2CC2)c1)c1cc(F)c(Cl)cc1F. The van der Waals surface area contributed by atoms with E-state index >= 15 is 0 Å². The molecular weight excluding hydrogens is 298 g/mol. The second kappa shape index (κ2) is 5.62. The average molecular weight is 311 g/mol. The summed E-state index contributed by atoms with van der Waals surface area (Å²) in [6, 6.07) is 8.52. The zero-order valence-electron chi connectivity index (χ0n) is 11.0. The molecule has 110 valence electrons. The van der Waals surface area contributed by atoms with Crippen molar-refractivity contribution in [1.29, 1.82) is 0 Å². The lowest BCUT2D eigenvalue weighted by atomic mass is 10.0. The van der Waals surface area contributed by atoms with Crippen molar-refractivity contribution in [2.24, 2.45) is 0 Å². The van der Waals surface area contributed by atoms with Crippen molar-refractivity contribution >= 4 is 11.6 Å². The van der Waals surface area contributed by atoms with Crippen LogP contribution in [-0.4, -0.2) is 11.2 Å². The molecule has 2 nitrogen and oxygen atoms in total. The summed E-state index contributed by atoms with van der Waals surface area (Å²) in [7, 11) is 0. The summed E-state index contributed by atoms with van der Waals surface area (Å²) in [4.78, 5) is 0. The number of aliphatic hydroxyl groups is 1. The van der Waals surface area contributed by atoms with Gasteiger partial charge in [0.25, 0.3) is 0 Å². The minimum absolute atomic E-state index is 0.152. The molecule has 1 saturated carbocycles.